The van der Waals surface area contributed by atoms with Gasteiger partial charge in [0.15, 0.2) is 0 Å². The second-order valence-corrected chi connectivity index (χ2v) is 5.23. The molecule has 0 aliphatic carbocycles. The fraction of sp³-hybridized carbons (Fsp3) is 0.333. The summed E-state index contributed by atoms with van der Waals surface area (Å²) in [6.07, 6.45) is 3.91. The van der Waals surface area contributed by atoms with E-state index in [1.165, 1.54) is 5.56 Å². The summed E-state index contributed by atoms with van der Waals surface area (Å²) >= 11 is 3.40. The highest BCUT2D eigenvalue weighted by Crippen LogP contribution is 2.28. The molecule has 0 aliphatic rings. The van der Waals surface area contributed by atoms with Gasteiger partial charge in [-0.2, -0.15) is 4.98 Å². The average Bonchev–Trinajstić information content (AvgIpc) is 2.45. The van der Waals surface area contributed by atoms with Gasteiger partial charge in [-0.25, -0.2) is 4.98 Å². The maximum Gasteiger partial charge on any atom is 0.238 e. The van der Waals surface area contributed by atoms with Crippen LogP contribution in [-0.2, 0) is 6.42 Å². The lowest BCUT2D eigenvalue weighted by atomic mass is 10.1. The number of aryl methyl sites for hydroxylation is 1. The van der Waals surface area contributed by atoms with Crippen molar-refractivity contribution < 1.29 is 4.74 Å². The van der Waals surface area contributed by atoms with Crippen LogP contribution in [0.4, 0.5) is 5.95 Å². The first kappa shape index (κ1) is 14.8. The number of nitrogens with one attached hydrogen (secondary N) is 1. The Morgan fingerprint density at radius 2 is 1.95 bits per heavy atom. The van der Waals surface area contributed by atoms with Crippen LogP contribution in [0.3, 0.4) is 0 Å². The van der Waals surface area contributed by atoms with Crippen molar-refractivity contribution in [1.82, 2.24) is 9.97 Å². The molecule has 20 heavy (non-hydrogen) atoms. The lowest BCUT2D eigenvalue weighted by Gasteiger charge is -2.09. The number of hydrogen-bond acceptors (Lipinski definition) is 4. The second kappa shape index (κ2) is 7.24. The molecule has 1 aromatic carbocycles. The van der Waals surface area contributed by atoms with Gasteiger partial charge >= 0.3 is 0 Å². The molecule has 2 aromatic rings. The van der Waals surface area contributed by atoms with Crippen LogP contribution in [0.2, 0.25) is 0 Å². The van der Waals surface area contributed by atoms with Gasteiger partial charge in [0, 0.05) is 6.54 Å². The zero-order chi connectivity index (χ0) is 14.4. The molecule has 0 saturated carbocycles. The molecule has 1 N–H and O–H groups in total. The van der Waals surface area contributed by atoms with Crippen molar-refractivity contribution in [3.05, 3.63) is 40.5 Å². The Hall–Kier alpha value is -1.62. The average molecular weight is 336 g/mol. The van der Waals surface area contributed by atoms with E-state index in [0.29, 0.717) is 11.8 Å². The van der Waals surface area contributed by atoms with E-state index in [1.54, 1.807) is 6.20 Å². The Bertz CT molecular complexity index is 558. The topological polar surface area (TPSA) is 47.0 Å². The molecule has 0 saturated heterocycles. The highest BCUT2D eigenvalue weighted by molar-refractivity contribution is 9.10. The van der Waals surface area contributed by atoms with Gasteiger partial charge in [0.05, 0.1) is 10.7 Å². The van der Waals surface area contributed by atoms with E-state index in [4.69, 9.17) is 4.74 Å². The van der Waals surface area contributed by atoms with Crippen molar-refractivity contribution >= 4 is 21.9 Å². The molecule has 5 heteroatoms. The summed E-state index contributed by atoms with van der Waals surface area (Å²) in [6.45, 7) is 4.94. The number of hydrogen-bond donors (Lipinski definition) is 1. The lowest BCUT2D eigenvalue weighted by molar-refractivity contribution is 0.458. The second-order valence-electron chi connectivity index (χ2n) is 4.37. The number of anilines is 1. The first-order valence-electron chi connectivity index (χ1n) is 6.76. The molecule has 1 heterocycles. The smallest absolute Gasteiger partial charge is 0.238 e. The summed E-state index contributed by atoms with van der Waals surface area (Å²) in [5.74, 6) is 1.85. The standard InChI is InChI=1S/C15H18BrN3O/c1-3-5-11-6-8-12(9-7-11)20-14-13(16)10-18-15(19-14)17-4-2/h6-10H,3-5H2,1-2H3,(H,17,18,19). The Morgan fingerprint density at radius 1 is 1.20 bits per heavy atom. The van der Waals surface area contributed by atoms with Crippen LogP contribution in [0.25, 0.3) is 0 Å². The van der Waals surface area contributed by atoms with E-state index in [2.05, 4.69) is 50.3 Å². The molecule has 0 radical (unpaired) electrons. The molecule has 0 fully saturated rings. The quantitative estimate of drug-likeness (QED) is 0.848. The Morgan fingerprint density at radius 3 is 2.60 bits per heavy atom. The predicted octanol–water partition coefficient (Wildman–Crippen LogP) is 4.42. The van der Waals surface area contributed by atoms with Gasteiger partial charge < -0.3 is 10.1 Å². The summed E-state index contributed by atoms with van der Waals surface area (Å²) in [5.41, 5.74) is 1.31. The molecular weight excluding hydrogens is 318 g/mol. The minimum absolute atomic E-state index is 0.513. The van der Waals surface area contributed by atoms with E-state index in [1.807, 2.05) is 19.1 Å². The van der Waals surface area contributed by atoms with Gasteiger partial charge in [0.2, 0.25) is 11.8 Å². The molecule has 2 rings (SSSR count). The summed E-state index contributed by atoms with van der Waals surface area (Å²) in [4.78, 5) is 8.48. The number of aromatic nitrogens is 2. The third-order valence-electron chi connectivity index (χ3n) is 2.72. The van der Waals surface area contributed by atoms with Gasteiger partial charge in [0.1, 0.15) is 5.75 Å². The van der Waals surface area contributed by atoms with Crippen LogP contribution >= 0.6 is 15.9 Å². The maximum absolute atomic E-state index is 5.79. The zero-order valence-corrected chi connectivity index (χ0v) is 13.3. The molecule has 0 bridgehead atoms. The van der Waals surface area contributed by atoms with Crippen molar-refractivity contribution in [2.45, 2.75) is 26.7 Å². The normalized spacial score (nSPS) is 10.3. The molecule has 0 aliphatic heterocycles. The Balaban J connectivity index is 2.14. The van der Waals surface area contributed by atoms with Crippen molar-refractivity contribution in [3.63, 3.8) is 0 Å². The first-order valence-corrected chi connectivity index (χ1v) is 7.55. The monoisotopic (exact) mass is 335 g/mol. The van der Waals surface area contributed by atoms with Gasteiger partial charge in [0.25, 0.3) is 0 Å². The Kier molecular flexibility index (Phi) is 5.35. The van der Waals surface area contributed by atoms with E-state index in [9.17, 15) is 0 Å². The lowest BCUT2D eigenvalue weighted by Crippen LogP contribution is -2.03. The molecule has 0 amide bonds. The SMILES string of the molecule is CCCc1ccc(Oc2nc(NCC)ncc2Br)cc1. The maximum atomic E-state index is 5.79. The first-order chi connectivity index (χ1) is 9.72. The largest absolute Gasteiger partial charge is 0.438 e. The minimum Gasteiger partial charge on any atom is -0.438 e. The summed E-state index contributed by atoms with van der Waals surface area (Å²) in [5, 5.41) is 3.06. The fourth-order valence-corrected chi connectivity index (χ4v) is 2.06. The molecule has 0 spiro atoms. The Labute approximate surface area is 127 Å². The van der Waals surface area contributed by atoms with E-state index >= 15 is 0 Å². The van der Waals surface area contributed by atoms with Gasteiger partial charge in [-0.15, -0.1) is 0 Å². The van der Waals surface area contributed by atoms with E-state index in [0.717, 1.165) is 29.6 Å². The molecule has 0 unspecified atom stereocenters. The molecule has 4 nitrogen and oxygen atoms in total. The summed E-state index contributed by atoms with van der Waals surface area (Å²) in [6, 6.07) is 8.09. The van der Waals surface area contributed by atoms with E-state index in [-0.39, 0.29) is 0 Å². The van der Waals surface area contributed by atoms with Crippen molar-refractivity contribution in [3.8, 4) is 11.6 Å². The van der Waals surface area contributed by atoms with Crippen molar-refractivity contribution in [2.24, 2.45) is 0 Å². The van der Waals surface area contributed by atoms with Crippen LogP contribution < -0.4 is 10.1 Å². The van der Waals surface area contributed by atoms with Gasteiger partial charge in [-0.05, 0) is 47.0 Å². The zero-order valence-electron chi connectivity index (χ0n) is 11.7. The molecule has 1 aromatic heterocycles. The molecule has 106 valence electrons. The van der Waals surface area contributed by atoms with Crippen LogP contribution in [0.15, 0.2) is 34.9 Å². The van der Waals surface area contributed by atoms with Crippen molar-refractivity contribution in [2.75, 3.05) is 11.9 Å². The van der Waals surface area contributed by atoms with E-state index < -0.39 is 0 Å². The van der Waals surface area contributed by atoms with Crippen LogP contribution in [-0.4, -0.2) is 16.5 Å². The minimum atomic E-state index is 0.513. The molecule has 0 atom stereocenters. The molecular formula is C15H18BrN3O. The predicted molar refractivity (Wildman–Crippen MR) is 84.4 cm³/mol. The summed E-state index contributed by atoms with van der Waals surface area (Å²) in [7, 11) is 0. The van der Waals surface area contributed by atoms with Gasteiger partial charge in [-0.3, -0.25) is 0 Å². The summed E-state index contributed by atoms with van der Waals surface area (Å²) < 4.78 is 6.52. The van der Waals surface area contributed by atoms with Crippen LogP contribution in [0.5, 0.6) is 11.6 Å². The fourth-order valence-electron chi connectivity index (χ4n) is 1.79. The van der Waals surface area contributed by atoms with Gasteiger partial charge in [-0.1, -0.05) is 25.5 Å². The third kappa shape index (κ3) is 3.93. The number of ether oxygens (including phenoxy) is 1. The van der Waals surface area contributed by atoms with Crippen LogP contribution in [0.1, 0.15) is 25.8 Å². The van der Waals surface area contributed by atoms with Crippen molar-refractivity contribution in [1.29, 1.82) is 0 Å². The number of nitrogens with zero attached hydrogens (tertiary/aromatic N) is 2. The number of halogens is 1. The highest BCUT2D eigenvalue weighted by Gasteiger charge is 2.07. The highest BCUT2D eigenvalue weighted by atomic mass is 79.9. The third-order valence-corrected chi connectivity index (χ3v) is 3.27. The number of benzene rings is 1. The van der Waals surface area contributed by atoms with Crippen LogP contribution in [0, 0.1) is 0 Å². The number of rotatable bonds is 6.